The Morgan fingerprint density at radius 3 is 2.62 bits per heavy atom. The Morgan fingerprint density at radius 1 is 1.24 bits per heavy atom. The summed E-state index contributed by atoms with van der Waals surface area (Å²) >= 11 is 3.48. The van der Waals surface area contributed by atoms with Crippen LogP contribution in [0.1, 0.15) is 12.5 Å². The zero-order chi connectivity index (χ0) is 15.4. The molecule has 0 atom stereocenters. The van der Waals surface area contributed by atoms with Gasteiger partial charge in [-0.25, -0.2) is 0 Å². The Balaban J connectivity index is 2.33. The molecule has 112 valence electrons. The zero-order valence-electron chi connectivity index (χ0n) is 12.5. The molecule has 2 rings (SSSR count). The largest absolute Gasteiger partial charge is 0.423 e. The van der Waals surface area contributed by atoms with E-state index in [2.05, 4.69) is 36.2 Å². The van der Waals surface area contributed by atoms with Crippen molar-refractivity contribution in [2.45, 2.75) is 13.8 Å². The van der Waals surface area contributed by atoms with Gasteiger partial charge in [0.15, 0.2) is 0 Å². The van der Waals surface area contributed by atoms with Gasteiger partial charge in [0, 0.05) is 20.6 Å². The molecule has 0 amide bonds. The summed E-state index contributed by atoms with van der Waals surface area (Å²) in [7, 11) is 3.74. The normalized spacial score (nSPS) is 10.3. The topological polar surface area (TPSA) is 63.2 Å². The van der Waals surface area contributed by atoms with Crippen molar-refractivity contribution in [2.75, 3.05) is 30.9 Å². The summed E-state index contributed by atoms with van der Waals surface area (Å²) in [5, 5.41) is 3.07. The molecule has 1 heterocycles. The first-order chi connectivity index (χ1) is 9.99. The molecular weight excluding hydrogens is 334 g/mol. The smallest absolute Gasteiger partial charge is 0.328 e. The first-order valence-electron chi connectivity index (χ1n) is 6.61. The van der Waals surface area contributed by atoms with E-state index in [4.69, 9.17) is 4.74 Å². The molecule has 1 N–H and O–H groups in total. The molecule has 0 radical (unpaired) electrons. The number of halogens is 1. The molecule has 0 spiro atoms. The number of nitrogens with zero attached hydrogens (tertiary/aromatic N) is 4. The van der Waals surface area contributed by atoms with Gasteiger partial charge in [-0.15, -0.1) is 0 Å². The molecule has 0 aliphatic rings. The van der Waals surface area contributed by atoms with Gasteiger partial charge < -0.3 is 15.0 Å². The number of benzene rings is 1. The number of ether oxygens (including phenoxy) is 1. The molecule has 21 heavy (non-hydrogen) atoms. The van der Waals surface area contributed by atoms with Crippen LogP contribution in [-0.2, 0) is 0 Å². The van der Waals surface area contributed by atoms with Gasteiger partial charge in [-0.1, -0.05) is 6.07 Å². The maximum atomic E-state index is 5.77. The van der Waals surface area contributed by atoms with Gasteiger partial charge in [-0.05, 0) is 47.5 Å². The molecular formula is C14H18BrN5O. The van der Waals surface area contributed by atoms with Crippen LogP contribution >= 0.6 is 15.9 Å². The predicted molar refractivity (Wildman–Crippen MR) is 87.3 cm³/mol. The molecule has 1 aromatic heterocycles. The van der Waals surface area contributed by atoms with Crippen molar-refractivity contribution >= 4 is 27.8 Å². The van der Waals surface area contributed by atoms with E-state index in [1.165, 1.54) is 0 Å². The summed E-state index contributed by atoms with van der Waals surface area (Å²) in [6.07, 6.45) is 0. The first-order valence-corrected chi connectivity index (χ1v) is 7.40. The van der Waals surface area contributed by atoms with E-state index in [1.807, 2.05) is 46.1 Å². The summed E-state index contributed by atoms with van der Waals surface area (Å²) in [5.41, 5.74) is 1.15. The number of anilines is 2. The SMILES string of the molecule is CCNc1nc(Oc2ccc(C)cc2Br)nc(N(C)C)n1. The van der Waals surface area contributed by atoms with Crippen molar-refractivity contribution in [1.82, 2.24) is 15.0 Å². The maximum Gasteiger partial charge on any atom is 0.328 e. The Morgan fingerprint density at radius 2 is 2.00 bits per heavy atom. The van der Waals surface area contributed by atoms with Crippen LogP contribution in [0.4, 0.5) is 11.9 Å². The molecule has 0 saturated heterocycles. The molecule has 0 saturated carbocycles. The third-order valence-electron chi connectivity index (χ3n) is 2.63. The lowest BCUT2D eigenvalue weighted by Gasteiger charge is -2.13. The minimum absolute atomic E-state index is 0.259. The molecule has 0 aliphatic heterocycles. The highest BCUT2D eigenvalue weighted by molar-refractivity contribution is 9.10. The first kappa shape index (κ1) is 15.5. The fraction of sp³-hybridized carbons (Fsp3) is 0.357. The molecule has 2 aromatic rings. The number of hydrogen-bond acceptors (Lipinski definition) is 6. The Kier molecular flexibility index (Phi) is 4.95. The minimum Gasteiger partial charge on any atom is -0.423 e. The van der Waals surface area contributed by atoms with Crippen LogP contribution in [0.5, 0.6) is 11.8 Å². The van der Waals surface area contributed by atoms with Crippen LogP contribution in [0.15, 0.2) is 22.7 Å². The standard InChI is InChI=1S/C14H18BrN5O/c1-5-16-12-17-13(20(3)4)19-14(18-12)21-11-7-6-9(2)8-10(11)15/h6-8H,5H2,1-4H3,(H,16,17,18,19). The second-order valence-electron chi connectivity index (χ2n) is 4.70. The Hall–Kier alpha value is -1.89. The van der Waals surface area contributed by atoms with Crippen LogP contribution in [0.25, 0.3) is 0 Å². The van der Waals surface area contributed by atoms with Crippen LogP contribution in [0, 0.1) is 6.92 Å². The van der Waals surface area contributed by atoms with E-state index >= 15 is 0 Å². The van der Waals surface area contributed by atoms with Gasteiger partial charge >= 0.3 is 6.01 Å². The molecule has 1 aromatic carbocycles. The fourth-order valence-electron chi connectivity index (χ4n) is 1.62. The van der Waals surface area contributed by atoms with Crippen LogP contribution in [-0.4, -0.2) is 35.6 Å². The summed E-state index contributed by atoms with van der Waals surface area (Å²) in [6.45, 7) is 4.73. The maximum absolute atomic E-state index is 5.77. The van der Waals surface area contributed by atoms with Gasteiger partial charge in [-0.3, -0.25) is 0 Å². The average molecular weight is 352 g/mol. The van der Waals surface area contributed by atoms with Crippen molar-refractivity contribution in [2.24, 2.45) is 0 Å². The van der Waals surface area contributed by atoms with Crippen molar-refractivity contribution in [3.8, 4) is 11.8 Å². The van der Waals surface area contributed by atoms with Gasteiger partial charge in [0.1, 0.15) is 5.75 Å². The predicted octanol–water partition coefficient (Wildman–Crippen LogP) is 3.23. The lowest BCUT2D eigenvalue weighted by molar-refractivity contribution is 0.438. The quantitative estimate of drug-likeness (QED) is 0.891. The van der Waals surface area contributed by atoms with Crippen LogP contribution in [0.2, 0.25) is 0 Å². The zero-order valence-corrected chi connectivity index (χ0v) is 14.1. The van der Waals surface area contributed by atoms with E-state index in [9.17, 15) is 0 Å². The lowest BCUT2D eigenvalue weighted by Crippen LogP contribution is -2.15. The molecule has 6 nitrogen and oxygen atoms in total. The second kappa shape index (κ2) is 6.71. The monoisotopic (exact) mass is 351 g/mol. The van der Waals surface area contributed by atoms with Gasteiger partial charge in [0.25, 0.3) is 0 Å². The summed E-state index contributed by atoms with van der Waals surface area (Å²) in [5.74, 6) is 1.70. The van der Waals surface area contributed by atoms with E-state index in [0.717, 1.165) is 16.6 Å². The number of aromatic nitrogens is 3. The van der Waals surface area contributed by atoms with E-state index < -0.39 is 0 Å². The third kappa shape index (κ3) is 4.04. The summed E-state index contributed by atoms with van der Waals surface area (Å²) in [4.78, 5) is 14.7. The summed E-state index contributed by atoms with van der Waals surface area (Å²) in [6, 6.07) is 6.09. The highest BCUT2D eigenvalue weighted by Gasteiger charge is 2.11. The highest BCUT2D eigenvalue weighted by Crippen LogP contribution is 2.29. The minimum atomic E-state index is 0.259. The van der Waals surface area contributed by atoms with Crippen molar-refractivity contribution < 1.29 is 4.74 Å². The number of aryl methyl sites for hydroxylation is 1. The third-order valence-corrected chi connectivity index (χ3v) is 3.25. The Labute approximate surface area is 132 Å². The van der Waals surface area contributed by atoms with E-state index in [-0.39, 0.29) is 6.01 Å². The van der Waals surface area contributed by atoms with Gasteiger partial charge in [0.2, 0.25) is 11.9 Å². The number of rotatable bonds is 5. The van der Waals surface area contributed by atoms with Crippen molar-refractivity contribution in [3.05, 3.63) is 28.2 Å². The molecule has 7 heteroatoms. The number of nitrogens with one attached hydrogen (secondary N) is 1. The lowest BCUT2D eigenvalue weighted by atomic mass is 10.2. The Bertz CT molecular complexity index is 633. The highest BCUT2D eigenvalue weighted by atomic mass is 79.9. The average Bonchev–Trinajstić information content (AvgIpc) is 2.42. The van der Waals surface area contributed by atoms with Gasteiger partial charge in [0.05, 0.1) is 4.47 Å². The van der Waals surface area contributed by atoms with Crippen LogP contribution < -0.4 is 15.0 Å². The fourth-order valence-corrected chi connectivity index (χ4v) is 2.19. The van der Waals surface area contributed by atoms with Gasteiger partial charge in [-0.2, -0.15) is 15.0 Å². The van der Waals surface area contributed by atoms with Crippen molar-refractivity contribution in [3.63, 3.8) is 0 Å². The molecule has 0 aliphatic carbocycles. The van der Waals surface area contributed by atoms with Crippen LogP contribution in [0.3, 0.4) is 0 Å². The van der Waals surface area contributed by atoms with Crippen molar-refractivity contribution in [1.29, 1.82) is 0 Å². The van der Waals surface area contributed by atoms with E-state index in [1.54, 1.807) is 4.90 Å². The number of hydrogen-bond donors (Lipinski definition) is 1. The molecule has 0 bridgehead atoms. The second-order valence-corrected chi connectivity index (χ2v) is 5.56. The molecule has 0 unspecified atom stereocenters. The summed E-state index contributed by atoms with van der Waals surface area (Å²) < 4.78 is 6.63. The molecule has 0 fully saturated rings. The van der Waals surface area contributed by atoms with E-state index in [0.29, 0.717) is 17.6 Å².